The minimum absolute atomic E-state index is 0. The zero-order chi connectivity index (χ0) is 28.5. The molecule has 6 aromatic carbocycles. The number of aryl methyl sites for hydroxylation is 2. The van der Waals surface area contributed by atoms with E-state index in [4.69, 9.17) is 0 Å². The molecule has 43 heavy (non-hydrogen) atoms. The molecule has 0 saturated carbocycles. The van der Waals surface area contributed by atoms with Gasteiger partial charge in [0.15, 0.2) is 0 Å². The number of hydrogen-bond donors (Lipinski definition) is 0. The van der Waals surface area contributed by atoms with Crippen LogP contribution in [-0.4, -0.2) is 0 Å². The Morgan fingerprint density at radius 3 is 1.26 bits per heavy atom. The van der Waals surface area contributed by atoms with Gasteiger partial charge < -0.3 is 9.80 Å². The van der Waals surface area contributed by atoms with Gasteiger partial charge in [-0.15, -0.1) is 70.8 Å². The van der Waals surface area contributed by atoms with E-state index in [1.807, 2.05) is 0 Å². The van der Waals surface area contributed by atoms with Gasteiger partial charge in [0, 0.05) is 35.8 Å². The molecule has 0 aliphatic carbocycles. The number of anilines is 4. The van der Waals surface area contributed by atoms with Crippen LogP contribution < -0.4 is 9.80 Å². The summed E-state index contributed by atoms with van der Waals surface area (Å²) in [5, 5.41) is 0. The van der Waals surface area contributed by atoms with Crippen molar-refractivity contribution in [3.8, 4) is 22.3 Å². The van der Waals surface area contributed by atoms with E-state index in [1.54, 1.807) is 0 Å². The molecule has 0 spiro atoms. The van der Waals surface area contributed by atoms with E-state index in [0.29, 0.717) is 13.1 Å². The molecule has 4 bridgehead atoms. The summed E-state index contributed by atoms with van der Waals surface area (Å²) in [6, 6.07) is 55.7. The molecule has 210 valence electrons. The van der Waals surface area contributed by atoms with E-state index in [-0.39, 0.29) is 21.1 Å². The van der Waals surface area contributed by atoms with Crippen molar-refractivity contribution in [2.24, 2.45) is 0 Å². The summed E-state index contributed by atoms with van der Waals surface area (Å²) in [6.45, 7) is 5.65. The predicted molar refractivity (Wildman–Crippen MR) is 175 cm³/mol. The third-order valence-electron chi connectivity index (χ3n) is 8.03. The second kappa shape index (κ2) is 12.5. The number of fused-ring (bicyclic) bond motifs is 8. The van der Waals surface area contributed by atoms with Crippen LogP contribution in [0.15, 0.2) is 133 Å². The van der Waals surface area contributed by atoms with Gasteiger partial charge in [-0.1, -0.05) is 82.9 Å². The molecule has 0 atom stereocenters. The molecule has 0 radical (unpaired) electrons. The van der Waals surface area contributed by atoms with Crippen molar-refractivity contribution in [2.45, 2.75) is 26.9 Å². The zero-order valence-electron chi connectivity index (χ0n) is 24.3. The van der Waals surface area contributed by atoms with Gasteiger partial charge in [0.2, 0.25) is 0 Å². The van der Waals surface area contributed by atoms with Gasteiger partial charge >= 0.3 is 21.1 Å². The first-order valence-electron chi connectivity index (χ1n) is 14.5. The number of rotatable bonds is 2. The molecule has 2 nitrogen and oxygen atoms in total. The van der Waals surface area contributed by atoms with Gasteiger partial charge in [-0.2, -0.15) is 0 Å². The molecule has 7 rings (SSSR count). The number of benzene rings is 6. The maximum absolute atomic E-state index is 3.81. The first-order valence-corrected chi connectivity index (χ1v) is 14.5. The van der Waals surface area contributed by atoms with Crippen LogP contribution in [0.1, 0.15) is 22.3 Å². The molecule has 0 aromatic heterocycles. The van der Waals surface area contributed by atoms with Gasteiger partial charge in [-0.3, -0.25) is 0 Å². The molecule has 1 heterocycles. The Balaban J connectivity index is 0.00000329. The maximum Gasteiger partial charge on any atom is 4.00 e. The van der Waals surface area contributed by atoms with Crippen LogP contribution in [0.5, 0.6) is 0 Å². The molecule has 3 heteroatoms. The summed E-state index contributed by atoms with van der Waals surface area (Å²) < 4.78 is 0. The molecule has 0 fully saturated rings. The van der Waals surface area contributed by atoms with Crippen molar-refractivity contribution in [3.63, 3.8) is 0 Å². The Hall–Kier alpha value is -4.39. The summed E-state index contributed by atoms with van der Waals surface area (Å²) in [4.78, 5) is 4.81. The SMILES string of the molecule is Cc1ccc(N2Cc3[c-]c(ccc3)-c3ccccc3N(c3ccc(C)cc3)Cc3[c-]c(ccc3)-c3ccccc32)cc1.[Pt+4]. The minimum atomic E-state index is 0. The van der Waals surface area contributed by atoms with Gasteiger partial charge in [0.1, 0.15) is 0 Å². The van der Waals surface area contributed by atoms with Gasteiger partial charge in [0.25, 0.3) is 0 Å². The fourth-order valence-electron chi connectivity index (χ4n) is 5.83. The second-order valence-corrected chi connectivity index (χ2v) is 11.1. The molecule has 0 amide bonds. The van der Waals surface area contributed by atoms with E-state index >= 15 is 0 Å². The third kappa shape index (κ3) is 5.94. The Kier molecular flexibility index (Phi) is 8.32. The van der Waals surface area contributed by atoms with Gasteiger partial charge in [-0.25, -0.2) is 0 Å². The summed E-state index contributed by atoms with van der Waals surface area (Å²) in [7, 11) is 0. The van der Waals surface area contributed by atoms with Crippen LogP contribution in [0, 0.1) is 26.0 Å². The fourth-order valence-corrected chi connectivity index (χ4v) is 5.83. The normalized spacial score (nSPS) is 12.4. The van der Waals surface area contributed by atoms with E-state index in [0.717, 1.165) is 56.1 Å². The van der Waals surface area contributed by atoms with Crippen molar-refractivity contribution in [1.29, 1.82) is 0 Å². The molecule has 0 N–H and O–H groups in total. The van der Waals surface area contributed by atoms with Crippen LogP contribution in [0.25, 0.3) is 22.3 Å². The molecular formula is C40H32N2Pt+2. The molecule has 1 aliphatic heterocycles. The smallest absolute Gasteiger partial charge is 0.346 e. The quantitative estimate of drug-likeness (QED) is 0.164. The van der Waals surface area contributed by atoms with Crippen LogP contribution in [0.4, 0.5) is 22.7 Å². The average Bonchev–Trinajstić information content (AvgIpc) is 3.03. The Morgan fingerprint density at radius 2 is 0.837 bits per heavy atom. The van der Waals surface area contributed by atoms with E-state index < -0.39 is 0 Å². The van der Waals surface area contributed by atoms with Crippen LogP contribution in [0.2, 0.25) is 0 Å². The topological polar surface area (TPSA) is 6.48 Å². The van der Waals surface area contributed by atoms with Crippen molar-refractivity contribution in [2.75, 3.05) is 9.80 Å². The van der Waals surface area contributed by atoms with Crippen molar-refractivity contribution in [3.05, 3.63) is 168 Å². The number of hydrogen-bond acceptors (Lipinski definition) is 2. The summed E-state index contributed by atoms with van der Waals surface area (Å²) in [5.74, 6) is 0. The van der Waals surface area contributed by atoms with Crippen molar-refractivity contribution < 1.29 is 21.1 Å². The van der Waals surface area contributed by atoms with Crippen molar-refractivity contribution in [1.82, 2.24) is 0 Å². The Bertz CT molecular complexity index is 1720. The first-order chi connectivity index (χ1) is 20.6. The second-order valence-electron chi connectivity index (χ2n) is 11.1. The standard InChI is InChI=1S/C40H32N2.Pt/c1-29-17-21-35(22-18-29)41-27-31-9-7-12-34(25-31)38-14-4-6-16-40(38)42(36-23-19-30(2)20-24-36)28-32-10-8-11-33(26-32)37-13-3-5-15-39(37)41;/h3-24H,27-28H2,1-2H3;/q-2;+4. The monoisotopic (exact) mass is 735 g/mol. The summed E-state index contributed by atoms with van der Waals surface area (Å²) in [5.41, 5.74) is 13.9. The van der Waals surface area contributed by atoms with Crippen LogP contribution >= 0.6 is 0 Å². The Labute approximate surface area is 269 Å². The predicted octanol–water partition coefficient (Wildman–Crippen LogP) is 10.2. The third-order valence-corrected chi connectivity index (χ3v) is 8.03. The molecule has 0 unspecified atom stereocenters. The largest absolute Gasteiger partial charge is 4.00 e. The van der Waals surface area contributed by atoms with Crippen LogP contribution in [-0.2, 0) is 34.2 Å². The summed E-state index contributed by atoms with van der Waals surface area (Å²) in [6.07, 6.45) is 0. The zero-order valence-corrected chi connectivity index (χ0v) is 26.6. The molecular weight excluding hydrogens is 704 g/mol. The average molecular weight is 736 g/mol. The first kappa shape index (κ1) is 28.7. The fraction of sp³-hybridized carbons (Fsp3) is 0.100. The maximum atomic E-state index is 3.81. The number of nitrogens with zero attached hydrogens (tertiary/aromatic N) is 2. The minimum Gasteiger partial charge on any atom is -0.346 e. The van der Waals surface area contributed by atoms with E-state index in [9.17, 15) is 0 Å². The van der Waals surface area contributed by atoms with E-state index in [1.165, 1.54) is 11.1 Å². The van der Waals surface area contributed by atoms with E-state index in [2.05, 4.69) is 169 Å². The molecule has 0 saturated heterocycles. The van der Waals surface area contributed by atoms with Crippen molar-refractivity contribution >= 4 is 22.7 Å². The van der Waals surface area contributed by atoms with Gasteiger partial charge in [0.05, 0.1) is 0 Å². The Morgan fingerprint density at radius 1 is 0.442 bits per heavy atom. The van der Waals surface area contributed by atoms with Crippen LogP contribution in [0.3, 0.4) is 0 Å². The van der Waals surface area contributed by atoms with Gasteiger partial charge in [-0.05, 0) is 50.2 Å². The molecule has 1 aliphatic rings. The summed E-state index contributed by atoms with van der Waals surface area (Å²) >= 11 is 0. The molecule has 6 aromatic rings. The number of para-hydroxylation sites is 2.